The molecule has 2 aliphatic heterocycles. The number of ether oxygens (including phenoxy) is 1. The first-order chi connectivity index (χ1) is 21.9. The minimum atomic E-state index is -0.869. The van der Waals surface area contributed by atoms with Gasteiger partial charge in [-0.15, -0.1) is 0 Å². The van der Waals surface area contributed by atoms with E-state index in [-0.39, 0.29) is 18.0 Å². The number of furan rings is 1. The van der Waals surface area contributed by atoms with E-state index in [4.69, 9.17) is 9.15 Å². The Balaban J connectivity index is 1.22. The predicted octanol–water partition coefficient (Wildman–Crippen LogP) is 5.27. The Morgan fingerprint density at radius 3 is 2.47 bits per heavy atom. The van der Waals surface area contributed by atoms with E-state index in [1.54, 1.807) is 25.1 Å². The topological polar surface area (TPSA) is 128 Å². The number of rotatable bonds is 7. The highest BCUT2D eigenvalue weighted by atomic mass is 32.2. The van der Waals surface area contributed by atoms with Gasteiger partial charge < -0.3 is 14.5 Å². The SMILES string of the molecule is CCOC(=O)c1ccc(N2C(=O)[C@H]3[C@H](c4ccco4)c4sc(=O)n(CC(=O)Nc5cccc6ccccc56)c4S[C@H]3C2=O)cc1. The van der Waals surface area contributed by atoms with Crippen molar-refractivity contribution >= 4 is 68.9 Å². The highest BCUT2D eigenvalue weighted by Crippen LogP contribution is 2.54. The molecule has 226 valence electrons. The maximum absolute atomic E-state index is 14.0. The zero-order chi connectivity index (χ0) is 31.2. The normalized spacial score (nSPS) is 19.0. The summed E-state index contributed by atoms with van der Waals surface area (Å²) in [6.07, 6.45) is 1.48. The minimum Gasteiger partial charge on any atom is -0.469 e. The van der Waals surface area contributed by atoms with E-state index < -0.39 is 40.8 Å². The van der Waals surface area contributed by atoms with Gasteiger partial charge in [-0.05, 0) is 54.8 Å². The van der Waals surface area contributed by atoms with Gasteiger partial charge in [0, 0.05) is 11.1 Å². The number of carbonyl (C=O) groups excluding carboxylic acids is 4. The Kier molecular flexibility index (Phi) is 7.38. The smallest absolute Gasteiger partial charge is 0.338 e. The van der Waals surface area contributed by atoms with Crippen LogP contribution in [0.25, 0.3) is 10.8 Å². The highest BCUT2D eigenvalue weighted by Gasteiger charge is 2.57. The maximum atomic E-state index is 14.0. The van der Waals surface area contributed by atoms with Gasteiger partial charge in [-0.3, -0.25) is 23.7 Å². The molecule has 0 saturated carbocycles. The first-order valence-electron chi connectivity index (χ1n) is 14.2. The van der Waals surface area contributed by atoms with E-state index in [1.807, 2.05) is 36.4 Å². The summed E-state index contributed by atoms with van der Waals surface area (Å²) in [5, 5.41) is 4.35. The van der Waals surface area contributed by atoms with Crippen molar-refractivity contribution in [3.05, 3.63) is 111 Å². The fourth-order valence-electron chi connectivity index (χ4n) is 5.91. The van der Waals surface area contributed by atoms with Crippen LogP contribution in [0.4, 0.5) is 11.4 Å². The molecule has 10 nitrogen and oxygen atoms in total. The molecule has 1 fully saturated rings. The van der Waals surface area contributed by atoms with Crippen LogP contribution in [0.3, 0.4) is 0 Å². The Morgan fingerprint density at radius 1 is 0.933 bits per heavy atom. The number of benzene rings is 3. The van der Waals surface area contributed by atoms with Crippen molar-refractivity contribution in [2.75, 3.05) is 16.8 Å². The van der Waals surface area contributed by atoms with E-state index in [0.717, 1.165) is 38.8 Å². The second kappa shape index (κ2) is 11.5. The lowest BCUT2D eigenvalue weighted by Crippen LogP contribution is -2.32. The number of hydrogen-bond acceptors (Lipinski definition) is 9. The van der Waals surface area contributed by atoms with E-state index in [9.17, 15) is 24.0 Å². The molecule has 0 radical (unpaired) electrons. The second-order valence-electron chi connectivity index (χ2n) is 10.5. The van der Waals surface area contributed by atoms with Crippen molar-refractivity contribution in [2.24, 2.45) is 5.92 Å². The van der Waals surface area contributed by atoms with Crippen LogP contribution in [-0.4, -0.2) is 40.1 Å². The van der Waals surface area contributed by atoms with Gasteiger partial charge in [0.05, 0.1) is 45.9 Å². The fraction of sp³-hybridized carbons (Fsp3) is 0.182. The van der Waals surface area contributed by atoms with E-state index in [1.165, 1.54) is 35.1 Å². The number of esters is 1. The van der Waals surface area contributed by atoms with Gasteiger partial charge in [-0.1, -0.05) is 59.5 Å². The third-order valence-corrected chi connectivity index (χ3v) is 10.5. The highest BCUT2D eigenvalue weighted by molar-refractivity contribution is 8.00. The van der Waals surface area contributed by atoms with Crippen molar-refractivity contribution in [2.45, 2.75) is 29.7 Å². The average Bonchev–Trinajstić information content (AvgIpc) is 3.74. The van der Waals surface area contributed by atoms with Gasteiger partial charge in [0.15, 0.2) is 0 Å². The number of thioether (sulfide) groups is 1. The molecule has 12 heteroatoms. The lowest BCUT2D eigenvalue weighted by molar-refractivity contribution is -0.122. The maximum Gasteiger partial charge on any atom is 0.338 e. The largest absolute Gasteiger partial charge is 0.469 e. The summed E-state index contributed by atoms with van der Waals surface area (Å²) < 4.78 is 12.2. The molecule has 2 aliphatic rings. The van der Waals surface area contributed by atoms with Crippen LogP contribution in [0.15, 0.2) is 99.4 Å². The Labute approximate surface area is 264 Å². The first-order valence-corrected chi connectivity index (χ1v) is 15.9. The quantitative estimate of drug-likeness (QED) is 0.189. The number of imide groups is 1. The first kappa shape index (κ1) is 28.8. The molecule has 0 spiro atoms. The van der Waals surface area contributed by atoms with Crippen molar-refractivity contribution in [3.63, 3.8) is 0 Å². The predicted molar refractivity (Wildman–Crippen MR) is 170 cm³/mol. The average molecular weight is 640 g/mol. The van der Waals surface area contributed by atoms with Gasteiger partial charge in [-0.2, -0.15) is 0 Å². The summed E-state index contributed by atoms with van der Waals surface area (Å²) in [6, 6.07) is 22.8. The molecule has 5 aromatic rings. The third kappa shape index (κ3) is 4.95. The van der Waals surface area contributed by atoms with E-state index in [2.05, 4.69) is 5.32 Å². The van der Waals surface area contributed by atoms with Crippen molar-refractivity contribution < 1.29 is 28.3 Å². The molecule has 3 amide bonds. The monoisotopic (exact) mass is 639 g/mol. The van der Waals surface area contributed by atoms with Crippen LogP contribution in [0, 0.1) is 5.92 Å². The molecule has 0 unspecified atom stereocenters. The van der Waals surface area contributed by atoms with E-state index >= 15 is 0 Å². The van der Waals surface area contributed by atoms with Crippen LogP contribution >= 0.6 is 23.1 Å². The van der Waals surface area contributed by atoms with Crippen LogP contribution in [0.5, 0.6) is 0 Å². The zero-order valence-electron chi connectivity index (χ0n) is 23.8. The molecule has 0 aliphatic carbocycles. The van der Waals surface area contributed by atoms with Crippen molar-refractivity contribution in [1.29, 1.82) is 0 Å². The number of nitrogens with zero attached hydrogens (tertiary/aromatic N) is 2. The van der Waals surface area contributed by atoms with Crippen LogP contribution in [0.2, 0.25) is 0 Å². The molecular weight excluding hydrogens is 615 g/mol. The summed E-state index contributed by atoms with van der Waals surface area (Å²) in [5.41, 5.74) is 1.24. The molecular formula is C33H25N3O7S2. The van der Waals surface area contributed by atoms with Crippen molar-refractivity contribution in [1.82, 2.24) is 4.57 Å². The lowest BCUT2D eigenvalue weighted by atomic mass is 9.87. The third-order valence-electron chi connectivity index (χ3n) is 7.90. The zero-order valence-corrected chi connectivity index (χ0v) is 25.4. The number of carbonyl (C=O) groups is 4. The molecule has 7 rings (SSSR count). The van der Waals surface area contributed by atoms with E-state index in [0.29, 0.717) is 32.6 Å². The Hall–Kier alpha value is -4.94. The van der Waals surface area contributed by atoms with Gasteiger partial charge in [-0.25, -0.2) is 9.69 Å². The second-order valence-corrected chi connectivity index (χ2v) is 12.7. The number of nitrogens with one attached hydrogen (secondary N) is 1. The molecule has 0 bridgehead atoms. The molecule has 1 saturated heterocycles. The summed E-state index contributed by atoms with van der Waals surface area (Å²) in [7, 11) is 0. The molecule has 45 heavy (non-hydrogen) atoms. The van der Waals surface area contributed by atoms with Crippen LogP contribution in [-0.2, 0) is 25.7 Å². The summed E-state index contributed by atoms with van der Waals surface area (Å²) in [5.74, 6) is -2.90. The van der Waals surface area contributed by atoms with Gasteiger partial charge >= 0.3 is 10.8 Å². The fourth-order valence-corrected chi connectivity index (χ4v) is 8.67. The number of thiazole rings is 1. The Morgan fingerprint density at radius 2 is 1.71 bits per heavy atom. The van der Waals surface area contributed by atoms with Crippen molar-refractivity contribution in [3.8, 4) is 0 Å². The standard InChI is InChI=1S/C33H25N3O7S2/c1-2-42-32(40)19-12-14-20(15-13-19)36-29(38)26-25(23-11-6-16-43-23)28-31(44-27(26)30(36)39)35(33(41)45-28)17-24(37)34-22-10-5-8-18-7-3-4-9-21(18)22/h3-16,25-27H,2,17H2,1H3,(H,34,37)/t25-,26-,27+/m0/s1. The number of anilines is 2. The number of aromatic nitrogens is 1. The summed E-state index contributed by atoms with van der Waals surface area (Å²) in [4.78, 5) is 68.0. The molecule has 3 atom stereocenters. The van der Waals surface area contributed by atoms with Crippen LogP contribution < -0.4 is 15.1 Å². The van der Waals surface area contributed by atoms with Gasteiger partial charge in [0.2, 0.25) is 17.7 Å². The number of hydrogen-bond donors (Lipinski definition) is 1. The molecule has 3 aromatic carbocycles. The molecule has 2 aromatic heterocycles. The Bertz CT molecular complexity index is 2030. The molecule has 4 heterocycles. The minimum absolute atomic E-state index is 0.221. The van der Waals surface area contributed by atoms with Crippen LogP contribution in [0.1, 0.15) is 33.8 Å². The van der Waals surface area contributed by atoms with Gasteiger partial charge in [0.25, 0.3) is 0 Å². The summed E-state index contributed by atoms with van der Waals surface area (Å²) in [6.45, 7) is 1.65. The molecule has 1 N–H and O–H groups in total. The number of amides is 3. The lowest BCUT2D eigenvalue weighted by Gasteiger charge is -2.29. The van der Waals surface area contributed by atoms with Gasteiger partial charge in [0.1, 0.15) is 17.6 Å². The summed E-state index contributed by atoms with van der Waals surface area (Å²) >= 11 is 2.06. The number of fused-ring (bicyclic) bond motifs is 3.